The minimum absolute atomic E-state index is 0.0472. The fourth-order valence-electron chi connectivity index (χ4n) is 1.78. The molecule has 2 aromatic rings. The highest BCUT2D eigenvalue weighted by molar-refractivity contribution is 7.99. The molecule has 0 aliphatic heterocycles. The maximum absolute atomic E-state index is 12.9. The van der Waals surface area contributed by atoms with Gasteiger partial charge in [0.1, 0.15) is 11.6 Å². The summed E-state index contributed by atoms with van der Waals surface area (Å²) in [5.74, 6) is -0.197. The van der Waals surface area contributed by atoms with Crippen LogP contribution >= 0.6 is 11.8 Å². The summed E-state index contributed by atoms with van der Waals surface area (Å²) in [6.07, 6.45) is 0.232. The minimum atomic E-state index is -0.545. The quantitative estimate of drug-likeness (QED) is 0.676. The van der Waals surface area contributed by atoms with E-state index in [1.54, 1.807) is 6.92 Å². The van der Waals surface area contributed by atoms with E-state index in [2.05, 4.69) is 20.8 Å². The number of carbonyl (C=O) groups excluding carboxylic acids is 2. The number of hydrogen-bond acceptors (Lipinski definition) is 7. The molecule has 3 amide bonds. The summed E-state index contributed by atoms with van der Waals surface area (Å²) in [6, 6.07) is 5.01. The number of ether oxygens (including phenoxy) is 1. The molecule has 26 heavy (non-hydrogen) atoms. The molecule has 1 heterocycles. The highest BCUT2D eigenvalue weighted by Gasteiger charge is 2.17. The second-order valence-electron chi connectivity index (χ2n) is 5.21. The first-order valence-corrected chi connectivity index (χ1v) is 8.92. The number of benzene rings is 1. The number of hydrogen-bond donors (Lipinski definition) is 2. The van der Waals surface area contributed by atoms with Crippen LogP contribution in [0.1, 0.15) is 32.3 Å². The van der Waals surface area contributed by atoms with Crippen LogP contribution in [0.15, 0.2) is 33.9 Å². The van der Waals surface area contributed by atoms with E-state index in [4.69, 9.17) is 9.15 Å². The topological polar surface area (TPSA) is 106 Å². The molecule has 0 saturated carbocycles. The molecule has 0 aliphatic rings. The van der Waals surface area contributed by atoms with E-state index in [1.165, 1.54) is 24.3 Å². The average Bonchev–Trinajstić information content (AvgIpc) is 3.09. The van der Waals surface area contributed by atoms with Crippen molar-refractivity contribution in [1.82, 2.24) is 20.8 Å². The third-order valence-electron chi connectivity index (χ3n) is 3.01. The van der Waals surface area contributed by atoms with Gasteiger partial charge in [0, 0.05) is 6.54 Å². The zero-order valence-corrected chi connectivity index (χ0v) is 15.1. The van der Waals surface area contributed by atoms with Crippen molar-refractivity contribution in [3.8, 4) is 5.75 Å². The largest absolute Gasteiger partial charge is 0.481 e. The molecule has 0 spiro atoms. The third-order valence-corrected chi connectivity index (χ3v) is 3.83. The molecule has 140 valence electrons. The number of imide groups is 1. The average molecular weight is 382 g/mol. The molecule has 0 fully saturated rings. The number of carbonyl (C=O) groups is 2. The zero-order valence-electron chi connectivity index (χ0n) is 14.3. The summed E-state index contributed by atoms with van der Waals surface area (Å²) in [5.41, 5.74) is 0. The lowest BCUT2D eigenvalue weighted by Crippen LogP contribution is -2.40. The fourth-order valence-corrected chi connectivity index (χ4v) is 2.35. The molecule has 0 saturated heterocycles. The molecule has 10 heteroatoms. The van der Waals surface area contributed by atoms with E-state index in [1.807, 2.05) is 6.92 Å². The van der Waals surface area contributed by atoms with Crippen molar-refractivity contribution < 1.29 is 23.1 Å². The monoisotopic (exact) mass is 382 g/mol. The van der Waals surface area contributed by atoms with Crippen molar-refractivity contribution in [2.24, 2.45) is 0 Å². The summed E-state index contributed by atoms with van der Waals surface area (Å²) < 4.78 is 23.9. The minimum Gasteiger partial charge on any atom is -0.481 e. The predicted molar refractivity (Wildman–Crippen MR) is 92.3 cm³/mol. The molecule has 8 nitrogen and oxygen atoms in total. The molecule has 1 unspecified atom stereocenters. The van der Waals surface area contributed by atoms with E-state index in [0.717, 1.165) is 18.2 Å². The van der Waals surface area contributed by atoms with Gasteiger partial charge < -0.3 is 14.5 Å². The number of nitrogens with zero attached hydrogens (tertiary/aromatic N) is 2. The number of nitrogens with one attached hydrogen (secondary N) is 2. The summed E-state index contributed by atoms with van der Waals surface area (Å²) in [5, 5.41) is 12.6. The van der Waals surface area contributed by atoms with Crippen LogP contribution in [0.25, 0.3) is 0 Å². The Balaban J connectivity index is 1.80. The van der Waals surface area contributed by atoms with Gasteiger partial charge in [-0.2, -0.15) is 0 Å². The molecular weight excluding hydrogens is 363 g/mol. The summed E-state index contributed by atoms with van der Waals surface area (Å²) in [4.78, 5) is 23.0. The Morgan fingerprint density at radius 2 is 2.04 bits per heavy atom. The Morgan fingerprint density at radius 3 is 2.73 bits per heavy atom. The number of rotatable bonds is 8. The summed E-state index contributed by atoms with van der Waals surface area (Å²) >= 11 is 1.00. The summed E-state index contributed by atoms with van der Waals surface area (Å²) in [6.45, 7) is 4.10. The zero-order chi connectivity index (χ0) is 18.9. The normalized spacial score (nSPS) is 11.7. The lowest BCUT2D eigenvalue weighted by atomic mass is 10.3. The molecule has 2 rings (SSSR count). The van der Waals surface area contributed by atoms with Gasteiger partial charge in [0.25, 0.3) is 11.1 Å². The Kier molecular flexibility index (Phi) is 7.39. The van der Waals surface area contributed by atoms with Gasteiger partial charge in [-0.25, -0.2) is 9.18 Å². The SMILES string of the molecule is CCCNC(=O)NC(=O)CSc1nnc(C(C)Oc2ccc(F)cc2)o1. The molecular formula is C16H19FN4O4S. The second-order valence-corrected chi connectivity index (χ2v) is 6.14. The number of amides is 3. The Labute approximate surface area is 153 Å². The van der Waals surface area contributed by atoms with Gasteiger partial charge in [-0.3, -0.25) is 10.1 Å². The lowest BCUT2D eigenvalue weighted by molar-refractivity contribution is -0.117. The molecule has 0 bridgehead atoms. The first-order chi connectivity index (χ1) is 12.5. The van der Waals surface area contributed by atoms with E-state index in [-0.39, 0.29) is 22.7 Å². The van der Waals surface area contributed by atoms with Gasteiger partial charge in [0.2, 0.25) is 5.91 Å². The maximum atomic E-state index is 12.9. The van der Waals surface area contributed by atoms with Crippen LogP contribution in [0, 0.1) is 5.82 Å². The van der Waals surface area contributed by atoms with Crippen molar-refractivity contribution in [2.75, 3.05) is 12.3 Å². The fraction of sp³-hybridized carbons (Fsp3) is 0.375. The van der Waals surface area contributed by atoms with Crippen LogP contribution in [0.2, 0.25) is 0 Å². The molecule has 1 atom stereocenters. The lowest BCUT2D eigenvalue weighted by Gasteiger charge is -2.10. The van der Waals surface area contributed by atoms with Crippen LogP contribution in [-0.2, 0) is 4.79 Å². The van der Waals surface area contributed by atoms with Crippen LogP contribution in [0.4, 0.5) is 9.18 Å². The smallest absolute Gasteiger partial charge is 0.321 e. The summed E-state index contributed by atoms with van der Waals surface area (Å²) in [7, 11) is 0. The Morgan fingerprint density at radius 1 is 1.31 bits per heavy atom. The molecule has 1 aromatic carbocycles. The standard InChI is InChI=1S/C16H19FN4O4S/c1-3-8-18-15(23)19-13(22)9-26-16-21-20-14(25-16)10(2)24-12-6-4-11(17)5-7-12/h4-7,10H,3,8-9H2,1-2H3,(H2,18,19,22,23). The first-order valence-electron chi connectivity index (χ1n) is 7.94. The Bertz CT molecular complexity index is 738. The molecule has 1 aromatic heterocycles. The number of aromatic nitrogens is 2. The maximum Gasteiger partial charge on any atom is 0.321 e. The van der Waals surface area contributed by atoms with Gasteiger partial charge >= 0.3 is 6.03 Å². The van der Waals surface area contributed by atoms with Gasteiger partial charge in [-0.1, -0.05) is 18.7 Å². The second kappa shape index (κ2) is 9.76. The van der Waals surface area contributed by atoms with Crippen molar-refractivity contribution >= 4 is 23.7 Å². The molecule has 0 aliphatic carbocycles. The highest BCUT2D eigenvalue weighted by Crippen LogP contribution is 2.23. The van der Waals surface area contributed by atoms with E-state index >= 15 is 0 Å². The van der Waals surface area contributed by atoms with Crippen molar-refractivity contribution in [2.45, 2.75) is 31.6 Å². The number of thioether (sulfide) groups is 1. The van der Waals surface area contributed by atoms with Gasteiger partial charge in [0.15, 0.2) is 6.10 Å². The van der Waals surface area contributed by atoms with Gasteiger partial charge in [-0.15, -0.1) is 10.2 Å². The van der Waals surface area contributed by atoms with E-state index in [9.17, 15) is 14.0 Å². The predicted octanol–water partition coefficient (Wildman–Crippen LogP) is 2.68. The van der Waals surface area contributed by atoms with Crippen molar-refractivity contribution in [1.29, 1.82) is 0 Å². The van der Waals surface area contributed by atoms with Crippen LogP contribution in [-0.4, -0.2) is 34.4 Å². The van der Waals surface area contributed by atoms with Crippen molar-refractivity contribution in [3.05, 3.63) is 36.0 Å². The number of halogens is 1. The van der Waals surface area contributed by atoms with Crippen LogP contribution in [0.3, 0.4) is 0 Å². The molecule has 2 N–H and O–H groups in total. The van der Waals surface area contributed by atoms with Crippen molar-refractivity contribution in [3.63, 3.8) is 0 Å². The Hall–Kier alpha value is -2.62. The van der Waals surface area contributed by atoms with E-state index in [0.29, 0.717) is 12.3 Å². The first kappa shape index (κ1) is 19.7. The number of urea groups is 1. The van der Waals surface area contributed by atoms with Crippen LogP contribution in [0.5, 0.6) is 5.75 Å². The van der Waals surface area contributed by atoms with E-state index < -0.39 is 18.0 Å². The molecule has 0 radical (unpaired) electrons. The van der Waals surface area contributed by atoms with Crippen LogP contribution < -0.4 is 15.4 Å². The third kappa shape index (κ3) is 6.36. The van der Waals surface area contributed by atoms with Gasteiger partial charge in [-0.05, 0) is 37.6 Å². The van der Waals surface area contributed by atoms with Gasteiger partial charge in [0.05, 0.1) is 5.75 Å². The highest BCUT2D eigenvalue weighted by atomic mass is 32.2.